The summed E-state index contributed by atoms with van der Waals surface area (Å²) < 4.78 is 52.1. The van der Waals surface area contributed by atoms with Crippen molar-refractivity contribution in [3.05, 3.63) is 60.2 Å². The summed E-state index contributed by atoms with van der Waals surface area (Å²) in [6.45, 7) is 0.180. The third kappa shape index (κ3) is 2.94. The maximum absolute atomic E-state index is 13.7. The molecule has 146 valence electrons. The average Bonchev–Trinajstić information content (AvgIpc) is 3.36. The number of fused-ring (bicyclic) bond motifs is 2. The molecule has 2 aromatic heterocycles. The Labute approximate surface area is 167 Å². The Morgan fingerprint density at radius 3 is 2.52 bits per heavy atom. The highest BCUT2D eigenvalue weighted by atomic mass is 32.1. The van der Waals surface area contributed by atoms with Crippen molar-refractivity contribution in [3.8, 4) is 21.9 Å². The van der Waals surface area contributed by atoms with Crippen LogP contribution in [0, 0.1) is 17.5 Å². The van der Waals surface area contributed by atoms with Crippen LogP contribution in [0.2, 0.25) is 0 Å². The Balaban J connectivity index is 1.59. The van der Waals surface area contributed by atoms with Gasteiger partial charge in [-0.05, 0) is 35.9 Å². The summed E-state index contributed by atoms with van der Waals surface area (Å²) in [6, 6.07) is 9.17. The molecule has 9 heteroatoms. The van der Waals surface area contributed by atoms with Crippen LogP contribution in [0.1, 0.15) is 0 Å². The summed E-state index contributed by atoms with van der Waals surface area (Å²) in [4.78, 5) is 11.0. The molecule has 0 saturated heterocycles. The number of rotatable bonds is 3. The van der Waals surface area contributed by atoms with Crippen molar-refractivity contribution in [1.29, 1.82) is 0 Å². The first-order chi connectivity index (χ1) is 14.0. The fraction of sp³-hybridized carbons (Fsp3) is 0.100. The normalized spacial score (nSPS) is 12.6. The van der Waals surface area contributed by atoms with Gasteiger partial charge in [0.15, 0.2) is 34.8 Å². The van der Waals surface area contributed by atoms with E-state index >= 15 is 0 Å². The lowest BCUT2D eigenvalue weighted by atomic mass is 10.1. The van der Waals surface area contributed by atoms with Crippen LogP contribution in [0.5, 0.6) is 11.5 Å². The van der Waals surface area contributed by atoms with Crippen LogP contribution in [-0.4, -0.2) is 23.8 Å². The molecular weight excluding hydrogens is 403 g/mol. The molecule has 0 saturated carbocycles. The molecule has 0 unspecified atom stereocenters. The molecule has 0 spiro atoms. The molecule has 2 aromatic carbocycles. The highest BCUT2D eigenvalue weighted by molar-refractivity contribution is 7.22. The molecule has 0 amide bonds. The van der Waals surface area contributed by atoms with Gasteiger partial charge in [0, 0.05) is 23.7 Å². The highest BCUT2D eigenvalue weighted by Gasteiger charge is 2.19. The third-order valence-corrected chi connectivity index (χ3v) is 5.79. The van der Waals surface area contributed by atoms with Gasteiger partial charge in [-0.1, -0.05) is 0 Å². The van der Waals surface area contributed by atoms with Gasteiger partial charge in [0.1, 0.15) is 6.33 Å². The van der Waals surface area contributed by atoms with Gasteiger partial charge in [0.25, 0.3) is 0 Å². The summed E-state index contributed by atoms with van der Waals surface area (Å²) in [5, 5.41) is 0. The smallest absolute Gasteiger partial charge is 0.231 e. The van der Waals surface area contributed by atoms with E-state index in [1.807, 2.05) is 30.1 Å². The fourth-order valence-corrected chi connectivity index (χ4v) is 4.26. The number of benzene rings is 2. The largest absolute Gasteiger partial charge is 0.454 e. The minimum Gasteiger partial charge on any atom is -0.454 e. The molecule has 1 aliphatic rings. The zero-order valence-electron chi connectivity index (χ0n) is 14.9. The lowest BCUT2D eigenvalue weighted by molar-refractivity contribution is 0.174. The van der Waals surface area contributed by atoms with Gasteiger partial charge in [0.2, 0.25) is 6.79 Å². The summed E-state index contributed by atoms with van der Waals surface area (Å²) in [6.07, 6.45) is 1.42. The monoisotopic (exact) mass is 415 g/mol. The van der Waals surface area contributed by atoms with E-state index in [9.17, 15) is 13.2 Å². The van der Waals surface area contributed by atoms with Crippen molar-refractivity contribution < 1.29 is 22.6 Å². The standard InChI is InChI=1S/C20H12F3N3O2S/c1-26(11-2-3-15-16(6-11)28-9-27-15)20-19-14(24-8-25-20)7-17(29-19)10-4-12(21)18(23)13(22)5-10/h2-8H,9H2,1H3. The molecule has 5 rings (SSSR count). The van der Waals surface area contributed by atoms with E-state index in [-0.39, 0.29) is 12.4 Å². The quantitative estimate of drug-likeness (QED) is 0.427. The molecule has 0 N–H and O–H groups in total. The van der Waals surface area contributed by atoms with E-state index < -0.39 is 17.5 Å². The highest BCUT2D eigenvalue weighted by Crippen LogP contribution is 2.41. The van der Waals surface area contributed by atoms with Gasteiger partial charge in [0.05, 0.1) is 10.2 Å². The molecular formula is C20H12F3N3O2S. The number of nitrogens with zero attached hydrogens (tertiary/aromatic N) is 3. The topological polar surface area (TPSA) is 47.5 Å². The van der Waals surface area contributed by atoms with Gasteiger partial charge in [-0.3, -0.25) is 0 Å². The number of thiophene rings is 1. The number of anilines is 2. The fourth-order valence-electron chi connectivity index (χ4n) is 3.14. The number of hydrogen-bond acceptors (Lipinski definition) is 6. The van der Waals surface area contributed by atoms with Gasteiger partial charge in [-0.15, -0.1) is 11.3 Å². The van der Waals surface area contributed by atoms with Gasteiger partial charge >= 0.3 is 0 Å². The Bertz CT molecular complexity index is 1240. The second-order valence-electron chi connectivity index (χ2n) is 6.37. The van der Waals surface area contributed by atoms with Gasteiger partial charge < -0.3 is 14.4 Å². The molecule has 0 radical (unpaired) electrons. The maximum Gasteiger partial charge on any atom is 0.231 e. The van der Waals surface area contributed by atoms with Crippen LogP contribution < -0.4 is 14.4 Å². The van der Waals surface area contributed by atoms with E-state index in [0.717, 1.165) is 22.5 Å². The lowest BCUT2D eigenvalue weighted by Crippen LogP contribution is -2.11. The van der Waals surface area contributed by atoms with Crippen molar-refractivity contribution in [2.45, 2.75) is 0 Å². The number of hydrogen-bond donors (Lipinski definition) is 0. The Hall–Kier alpha value is -3.33. The zero-order valence-corrected chi connectivity index (χ0v) is 15.8. The summed E-state index contributed by atoms with van der Waals surface area (Å²) in [7, 11) is 1.84. The molecule has 1 aliphatic heterocycles. The van der Waals surface area contributed by atoms with Crippen LogP contribution in [0.25, 0.3) is 20.7 Å². The Morgan fingerprint density at radius 1 is 0.966 bits per heavy atom. The first-order valence-electron chi connectivity index (χ1n) is 8.54. The van der Waals surface area contributed by atoms with Crippen LogP contribution >= 0.6 is 11.3 Å². The predicted molar refractivity (Wildman–Crippen MR) is 103 cm³/mol. The zero-order chi connectivity index (χ0) is 20.1. The summed E-state index contributed by atoms with van der Waals surface area (Å²) in [5.74, 6) is -2.02. The van der Waals surface area contributed by atoms with Crippen LogP contribution in [0.15, 0.2) is 42.7 Å². The van der Waals surface area contributed by atoms with Crippen molar-refractivity contribution in [3.63, 3.8) is 0 Å². The number of ether oxygens (including phenoxy) is 2. The lowest BCUT2D eigenvalue weighted by Gasteiger charge is -2.19. The molecule has 5 nitrogen and oxygen atoms in total. The molecule has 0 bridgehead atoms. The molecule has 4 aromatic rings. The first-order valence-corrected chi connectivity index (χ1v) is 9.36. The second-order valence-corrected chi connectivity index (χ2v) is 7.42. The Morgan fingerprint density at radius 2 is 1.72 bits per heavy atom. The Kier molecular flexibility index (Phi) is 4.06. The summed E-state index contributed by atoms with van der Waals surface area (Å²) in [5.41, 5.74) is 1.68. The van der Waals surface area contributed by atoms with Crippen LogP contribution in [-0.2, 0) is 0 Å². The van der Waals surface area contributed by atoms with Gasteiger partial charge in [-0.25, -0.2) is 23.1 Å². The van der Waals surface area contributed by atoms with Crippen molar-refractivity contribution >= 4 is 33.1 Å². The molecule has 0 aliphatic carbocycles. The second kappa shape index (κ2) is 6.63. The molecule has 0 atom stereocenters. The molecule has 3 heterocycles. The van der Waals surface area contributed by atoms with Crippen molar-refractivity contribution in [2.75, 3.05) is 18.7 Å². The number of halogens is 3. The number of aromatic nitrogens is 2. The predicted octanol–water partition coefficient (Wildman–Crippen LogP) is 5.27. The van der Waals surface area contributed by atoms with E-state index in [1.165, 1.54) is 17.7 Å². The van der Waals surface area contributed by atoms with Gasteiger partial charge in [-0.2, -0.15) is 0 Å². The molecule has 0 fully saturated rings. The minimum absolute atomic E-state index is 0.180. The van der Waals surface area contributed by atoms with Crippen LogP contribution in [0.4, 0.5) is 24.7 Å². The van der Waals surface area contributed by atoms with Crippen molar-refractivity contribution in [1.82, 2.24) is 9.97 Å². The van der Waals surface area contributed by atoms with E-state index in [4.69, 9.17) is 9.47 Å². The van der Waals surface area contributed by atoms with Crippen LogP contribution in [0.3, 0.4) is 0 Å². The van der Waals surface area contributed by atoms with Crippen molar-refractivity contribution in [2.24, 2.45) is 0 Å². The third-order valence-electron chi connectivity index (χ3n) is 4.62. The van der Waals surface area contributed by atoms with E-state index in [0.29, 0.717) is 27.7 Å². The summed E-state index contributed by atoms with van der Waals surface area (Å²) >= 11 is 1.27. The average molecular weight is 415 g/mol. The molecule has 29 heavy (non-hydrogen) atoms. The first kappa shape index (κ1) is 17.7. The van der Waals surface area contributed by atoms with E-state index in [1.54, 1.807) is 6.07 Å². The maximum atomic E-state index is 13.7. The minimum atomic E-state index is -1.49. The van der Waals surface area contributed by atoms with E-state index in [2.05, 4.69) is 9.97 Å². The SMILES string of the molecule is CN(c1ccc2c(c1)OCO2)c1ncnc2cc(-c3cc(F)c(F)c(F)c3)sc12.